The molecule has 0 saturated carbocycles. The van der Waals surface area contributed by atoms with Crippen molar-refractivity contribution in [2.75, 3.05) is 18.8 Å². The first-order chi connectivity index (χ1) is 11.9. The van der Waals surface area contributed by atoms with Crippen LogP contribution in [0.1, 0.15) is 5.69 Å². The number of nitrogens with zero attached hydrogens (tertiary/aromatic N) is 1. The summed E-state index contributed by atoms with van der Waals surface area (Å²) in [5.74, 6) is -3.21. The zero-order valence-corrected chi connectivity index (χ0v) is 14.1. The van der Waals surface area contributed by atoms with Crippen molar-refractivity contribution >= 4 is 36.3 Å². The number of H-pyrrole nitrogens is 1. The molecular formula is C13H20N6O5S. The first-order valence-corrected chi connectivity index (χ1v) is 7.88. The van der Waals surface area contributed by atoms with Crippen LogP contribution in [0.2, 0.25) is 0 Å². The highest BCUT2D eigenvalue weighted by atomic mass is 32.1. The summed E-state index contributed by atoms with van der Waals surface area (Å²) in [6.45, 7) is -0.634. The second-order valence-corrected chi connectivity index (χ2v) is 5.33. The number of hydrogen-bond acceptors (Lipinski definition) is 7. The lowest BCUT2D eigenvalue weighted by molar-refractivity contribution is -0.141. The van der Waals surface area contributed by atoms with E-state index in [-0.39, 0.29) is 25.3 Å². The molecule has 0 radical (unpaired) electrons. The number of rotatable bonds is 10. The maximum atomic E-state index is 12.3. The van der Waals surface area contributed by atoms with Crippen molar-refractivity contribution in [2.24, 2.45) is 5.73 Å². The van der Waals surface area contributed by atoms with E-state index in [2.05, 4.69) is 38.5 Å². The van der Waals surface area contributed by atoms with Gasteiger partial charge in [-0.15, -0.1) is 0 Å². The van der Waals surface area contributed by atoms with Crippen LogP contribution in [0.15, 0.2) is 12.5 Å². The summed E-state index contributed by atoms with van der Waals surface area (Å²) in [5.41, 5.74) is 5.67. The SMILES string of the molecule is NCC(=O)NCC(=O)NC(Cc1cnc[nH]1)C(=O)NC(CS)C(=O)O. The fraction of sp³-hybridized carbons (Fsp3) is 0.462. The molecule has 0 saturated heterocycles. The molecule has 2 unspecified atom stereocenters. The lowest BCUT2D eigenvalue weighted by Gasteiger charge is -2.20. The Morgan fingerprint density at radius 3 is 2.48 bits per heavy atom. The molecule has 11 nitrogen and oxygen atoms in total. The Hall–Kier alpha value is -2.60. The fourth-order valence-electron chi connectivity index (χ4n) is 1.78. The third-order valence-electron chi connectivity index (χ3n) is 3.06. The number of aromatic nitrogens is 2. The lowest BCUT2D eigenvalue weighted by atomic mass is 10.1. The van der Waals surface area contributed by atoms with Gasteiger partial charge in [0.25, 0.3) is 0 Å². The van der Waals surface area contributed by atoms with E-state index in [1.165, 1.54) is 12.5 Å². The molecule has 1 heterocycles. The number of carbonyl (C=O) groups excluding carboxylic acids is 3. The molecular weight excluding hydrogens is 352 g/mol. The number of carboxylic acids is 1. The minimum absolute atomic E-state index is 0.0569. The molecule has 12 heteroatoms. The Balaban J connectivity index is 2.74. The van der Waals surface area contributed by atoms with Gasteiger partial charge in [-0.05, 0) is 0 Å². The van der Waals surface area contributed by atoms with Gasteiger partial charge in [-0.25, -0.2) is 9.78 Å². The van der Waals surface area contributed by atoms with Crippen molar-refractivity contribution in [1.82, 2.24) is 25.9 Å². The molecule has 0 aliphatic carbocycles. The largest absolute Gasteiger partial charge is 0.480 e. The molecule has 1 aromatic heterocycles. The van der Waals surface area contributed by atoms with Crippen molar-refractivity contribution in [2.45, 2.75) is 18.5 Å². The van der Waals surface area contributed by atoms with Crippen LogP contribution in [-0.2, 0) is 25.6 Å². The van der Waals surface area contributed by atoms with Crippen LogP contribution in [-0.4, -0.2) is 69.7 Å². The van der Waals surface area contributed by atoms with Gasteiger partial charge in [-0.3, -0.25) is 14.4 Å². The van der Waals surface area contributed by atoms with Crippen LogP contribution in [0.5, 0.6) is 0 Å². The number of carbonyl (C=O) groups is 4. The summed E-state index contributed by atoms with van der Waals surface area (Å²) in [5, 5.41) is 16.0. The van der Waals surface area contributed by atoms with Gasteiger partial charge < -0.3 is 31.8 Å². The van der Waals surface area contributed by atoms with Crippen molar-refractivity contribution < 1.29 is 24.3 Å². The predicted molar refractivity (Wildman–Crippen MR) is 89.7 cm³/mol. The van der Waals surface area contributed by atoms with Gasteiger partial charge in [0.15, 0.2) is 0 Å². The first-order valence-electron chi connectivity index (χ1n) is 7.24. The topological polar surface area (TPSA) is 179 Å². The molecule has 3 amide bonds. The van der Waals surface area contributed by atoms with Crippen LogP contribution in [0, 0.1) is 0 Å². The minimum atomic E-state index is -1.25. The molecule has 0 aromatic carbocycles. The van der Waals surface area contributed by atoms with Gasteiger partial charge in [-0.1, -0.05) is 0 Å². The number of aromatic amines is 1. The van der Waals surface area contributed by atoms with E-state index in [9.17, 15) is 19.2 Å². The van der Waals surface area contributed by atoms with E-state index in [1.807, 2.05) is 0 Å². The van der Waals surface area contributed by atoms with E-state index in [4.69, 9.17) is 10.8 Å². The number of carboxylic acid groups (broad SMARTS) is 1. The van der Waals surface area contributed by atoms with Gasteiger partial charge in [0.1, 0.15) is 12.1 Å². The van der Waals surface area contributed by atoms with Crippen LogP contribution >= 0.6 is 12.6 Å². The third kappa shape index (κ3) is 7.22. The lowest BCUT2D eigenvalue weighted by Crippen LogP contribution is -2.54. The Morgan fingerprint density at radius 2 is 1.96 bits per heavy atom. The molecule has 0 spiro atoms. The van der Waals surface area contributed by atoms with Crippen LogP contribution in [0.4, 0.5) is 0 Å². The van der Waals surface area contributed by atoms with Crippen LogP contribution < -0.4 is 21.7 Å². The molecule has 138 valence electrons. The minimum Gasteiger partial charge on any atom is -0.480 e. The molecule has 0 aliphatic rings. The summed E-state index contributed by atoms with van der Waals surface area (Å²) in [6, 6.07) is -2.27. The van der Waals surface area contributed by atoms with Crippen LogP contribution in [0.3, 0.4) is 0 Å². The van der Waals surface area contributed by atoms with Gasteiger partial charge in [0.2, 0.25) is 17.7 Å². The maximum Gasteiger partial charge on any atom is 0.327 e. The molecule has 0 fully saturated rings. The molecule has 25 heavy (non-hydrogen) atoms. The summed E-state index contributed by atoms with van der Waals surface area (Å²) < 4.78 is 0. The Labute approximate surface area is 148 Å². The van der Waals surface area contributed by atoms with Gasteiger partial charge in [0.05, 0.1) is 19.4 Å². The highest BCUT2D eigenvalue weighted by Crippen LogP contribution is 2.00. The monoisotopic (exact) mass is 372 g/mol. The van der Waals surface area contributed by atoms with Crippen molar-refractivity contribution in [3.8, 4) is 0 Å². The van der Waals surface area contributed by atoms with E-state index >= 15 is 0 Å². The van der Waals surface area contributed by atoms with E-state index in [0.717, 1.165) is 0 Å². The second-order valence-electron chi connectivity index (χ2n) is 4.96. The Bertz CT molecular complexity index is 608. The standard InChI is InChI=1S/C13H20N6O5S/c14-2-10(20)16-4-11(21)18-8(1-7-3-15-6-17-7)12(22)19-9(5-25)13(23)24/h3,6,8-9,25H,1-2,4-5,14H2,(H,15,17)(H,16,20)(H,18,21)(H,19,22)(H,23,24). The smallest absolute Gasteiger partial charge is 0.327 e. The normalized spacial score (nSPS) is 12.7. The van der Waals surface area contributed by atoms with Crippen molar-refractivity contribution in [3.63, 3.8) is 0 Å². The number of aliphatic carboxylic acids is 1. The summed E-state index contributed by atoms with van der Waals surface area (Å²) in [6.07, 6.45) is 2.93. The number of thiol groups is 1. The summed E-state index contributed by atoms with van der Waals surface area (Å²) in [4.78, 5) is 52.9. The number of amides is 3. The second kappa shape index (κ2) is 10.3. The Kier molecular flexibility index (Phi) is 8.43. The van der Waals surface area contributed by atoms with Crippen molar-refractivity contribution in [1.29, 1.82) is 0 Å². The molecule has 7 N–H and O–H groups in total. The number of imidazole rings is 1. The third-order valence-corrected chi connectivity index (χ3v) is 3.42. The first kappa shape index (κ1) is 20.4. The summed E-state index contributed by atoms with van der Waals surface area (Å²) >= 11 is 3.87. The van der Waals surface area contributed by atoms with Gasteiger partial charge in [0, 0.05) is 24.1 Å². The van der Waals surface area contributed by atoms with Crippen LogP contribution in [0.25, 0.3) is 0 Å². The van der Waals surface area contributed by atoms with E-state index in [1.54, 1.807) is 0 Å². The van der Waals surface area contributed by atoms with E-state index in [0.29, 0.717) is 5.69 Å². The number of hydrogen-bond donors (Lipinski definition) is 7. The average molecular weight is 372 g/mol. The zero-order valence-electron chi connectivity index (χ0n) is 13.2. The predicted octanol–water partition coefficient (Wildman–Crippen LogP) is -2.99. The fourth-order valence-corrected chi connectivity index (χ4v) is 2.03. The van der Waals surface area contributed by atoms with Crippen molar-refractivity contribution in [3.05, 3.63) is 18.2 Å². The highest BCUT2D eigenvalue weighted by molar-refractivity contribution is 7.80. The van der Waals surface area contributed by atoms with E-state index < -0.39 is 35.8 Å². The molecule has 1 aromatic rings. The average Bonchev–Trinajstić information content (AvgIpc) is 3.09. The Morgan fingerprint density at radius 1 is 1.24 bits per heavy atom. The highest BCUT2D eigenvalue weighted by Gasteiger charge is 2.26. The maximum absolute atomic E-state index is 12.3. The molecule has 1 rings (SSSR count). The molecule has 0 aliphatic heterocycles. The molecule has 2 atom stereocenters. The number of nitrogens with two attached hydrogens (primary N) is 1. The quantitative estimate of drug-likeness (QED) is 0.214. The molecule has 0 bridgehead atoms. The van der Waals surface area contributed by atoms with Gasteiger partial charge in [-0.2, -0.15) is 12.6 Å². The zero-order chi connectivity index (χ0) is 18.8. The number of nitrogens with one attached hydrogen (secondary N) is 4. The van der Waals surface area contributed by atoms with Gasteiger partial charge >= 0.3 is 5.97 Å². The summed E-state index contributed by atoms with van der Waals surface area (Å²) in [7, 11) is 0.